The Kier molecular flexibility index (Phi) is 4.19. The predicted octanol–water partition coefficient (Wildman–Crippen LogP) is 3.81. The van der Waals surface area contributed by atoms with Gasteiger partial charge in [0, 0.05) is 16.0 Å². The molecule has 1 N–H and O–H groups in total. The molecule has 2 heterocycles. The van der Waals surface area contributed by atoms with E-state index in [-0.39, 0.29) is 5.56 Å². The lowest BCUT2D eigenvalue weighted by molar-refractivity contribution is -0.141. The van der Waals surface area contributed by atoms with E-state index in [1.54, 1.807) is 19.1 Å². The third-order valence-corrected chi connectivity index (χ3v) is 4.82. The molecule has 1 aromatic carbocycles. The van der Waals surface area contributed by atoms with Gasteiger partial charge in [-0.1, -0.05) is 30.7 Å². The second-order valence-corrected chi connectivity index (χ2v) is 6.35. The van der Waals surface area contributed by atoms with Crippen molar-refractivity contribution in [1.29, 1.82) is 0 Å². The molecule has 23 heavy (non-hydrogen) atoms. The number of thiophene rings is 1. The molecule has 7 heteroatoms. The number of carboxylic acid groups (broad SMARTS) is 1. The highest BCUT2D eigenvalue weighted by Gasteiger charge is 2.21. The summed E-state index contributed by atoms with van der Waals surface area (Å²) in [6.07, 6.45) is 1.62. The van der Waals surface area contributed by atoms with Gasteiger partial charge in [0.05, 0.1) is 11.7 Å². The van der Waals surface area contributed by atoms with Crippen LogP contribution in [-0.2, 0) is 4.79 Å². The fraction of sp³-hybridized carbons (Fsp3) is 0.188. The molecule has 0 bridgehead atoms. The molecule has 118 valence electrons. The molecule has 5 nitrogen and oxygen atoms in total. The topological polar surface area (TPSA) is 72.2 Å². The second kappa shape index (κ2) is 6.14. The Labute approximate surface area is 140 Å². The summed E-state index contributed by atoms with van der Waals surface area (Å²) < 4.78 is 1.19. The van der Waals surface area contributed by atoms with E-state index in [9.17, 15) is 14.7 Å². The zero-order chi connectivity index (χ0) is 16.6. The maximum atomic E-state index is 12.8. The zero-order valence-corrected chi connectivity index (χ0v) is 13.8. The van der Waals surface area contributed by atoms with Crippen molar-refractivity contribution < 1.29 is 9.90 Å². The van der Waals surface area contributed by atoms with Gasteiger partial charge < -0.3 is 5.11 Å². The van der Waals surface area contributed by atoms with Gasteiger partial charge in [0.2, 0.25) is 0 Å². The van der Waals surface area contributed by atoms with E-state index >= 15 is 0 Å². The summed E-state index contributed by atoms with van der Waals surface area (Å²) in [6, 6.07) is 6.24. The first-order valence-corrected chi connectivity index (χ1v) is 8.25. The van der Waals surface area contributed by atoms with Crippen LogP contribution in [0.5, 0.6) is 0 Å². The van der Waals surface area contributed by atoms with Gasteiger partial charge in [0.1, 0.15) is 10.9 Å². The number of rotatable bonds is 4. The van der Waals surface area contributed by atoms with Gasteiger partial charge in [-0.3, -0.25) is 9.36 Å². The quantitative estimate of drug-likeness (QED) is 0.778. The average molecular weight is 349 g/mol. The summed E-state index contributed by atoms with van der Waals surface area (Å²) in [5, 5.41) is 12.2. The van der Waals surface area contributed by atoms with Crippen LogP contribution in [-0.4, -0.2) is 20.6 Å². The van der Waals surface area contributed by atoms with Gasteiger partial charge in [-0.15, -0.1) is 11.3 Å². The van der Waals surface area contributed by atoms with Crippen LogP contribution in [0.3, 0.4) is 0 Å². The summed E-state index contributed by atoms with van der Waals surface area (Å²) >= 11 is 7.26. The number of benzene rings is 1. The largest absolute Gasteiger partial charge is 0.480 e. The van der Waals surface area contributed by atoms with Crippen molar-refractivity contribution in [2.45, 2.75) is 19.4 Å². The Morgan fingerprint density at radius 1 is 1.39 bits per heavy atom. The Balaban J connectivity index is 2.24. The minimum absolute atomic E-state index is 0.308. The van der Waals surface area contributed by atoms with Crippen LogP contribution in [0.15, 0.2) is 40.8 Å². The SMILES string of the molecule is CCC(C(=O)O)n1cnc2scc(-c3ccc(Cl)cc3)c2c1=O. The molecule has 2 aromatic heterocycles. The molecule has 0 saturated carbocycles. The third-order valence-electron chi connectivity index (χ3n) is 3.68. The van der Waals surface area contributed by atoms with Gasteiger partial charge in [0.15, 0.2) is 0 Å². The van der Waals surface area contributed by atoms with Crippen molar-refractivity contribution in [2.75, 3.05) is 0 Å². The van der Waals surface area contributed by atoms with Gasteiger partial charge in [-0.25, -0.2) is 9.78 Å². The van der Waals surface area contributed by atoms with Crippen LogP contribution in [0.2, 0.25) is 5.02 Å². The van der Waals surface area contributed by atoms with Crippen molar-refractivity contribution in [3.8, 4) is 11.1 Å². The molecule has 1 atom stereocenters. The number of hydrogen-bond donors (Lipinski definition) is 1. The van der Waals surface area contributed by atoms with Crippen molar-refractivity contribution in [1.82, 2.24) is 9.55 Å². The van der Waals surface area contributed by atoms with Crippen molar-refractivity contribution >= 4 is 39.1 Å². The summed E-state index contributed by atoms with van der Waals surface area (Å²) in [4.78, 5) is 29.0. The summed E-state index contributed by atoms with van der Waals surface area (Å²) in [5.41, 5.74) is 1.25. The number of carboxylic acids is 1. The normalized spacial score (nSPS) is 12.4. The summed E-state index contributed by atoms with van der Waals surface area (Å²) in [5.74, 6) is -1.04. The van der Waals surface area contributed by atoms with Crippen molar-refractivity contribution in [3.05, 3.63) is 51.3 Å². The molecule has 0 aliphatic heterocycles. The van der Waals surface area contributed by atoms with E-state index in [4.69, 9.17) is 11.6 Å². The number of fused-ring (bicyclic) bond motifs is 1. The van der Waals surface area contributed by atoms with Crippen molar-refractivity contribution in [2.24, 2.45) is 0 Å². The molecular weight excluding hydrogens is 336 g/mol. The number of hydrogen-bond acceptors (Lipinski definition) is 4. The summed E-state index contributed by atoms with van der Waals surface area (Å²) in [6.45, 7) is 1.73. The molecule has 0 aliphatic rings. The van der Waals surface area contributed by atoms with Gasteiger partial charge in [-0.2, -0.15) is 0 Å². The van der Waals surface area contributed by atoms with E-state index in [1.807, 2.05) is 17.5 Å². The van der Waals surface area contributed by atoms with Crippen LogP contribution in [0, 0.1) is 0 Å². The molecule has 0 spiro atoms. The Bertz CT molecular complexity index is 931. The maximum absolute atomic E-state index is 12.8. The fourth-order valence-corrected chi connectivity index (χ4v) is 3.53. The minimum atomic E-state index is -1.04. The second-order valence-electron chi connectivity index (χ2n) is 5.06. The molecule has 3 aromatic rings. The van der Waals surface area contributed by atoms with Crippen LogP contribution >= 0.6 is 22.9 Å². The van der Waals surface area contributed by atoms with E-state index < -0.39 is 12.0 Å². The Hall–Kier alpha value is -2.18. The monoisotopic (exact) mass is 348 g/mol. The number of carbonyl (C=O) groups is 1. The van der Waals surface area contributed by atoms with Crippen LogP contribution in [0.4, 0.5) is 0 Å². The molecular formula is C16H13ClN2O3S. The Morgan fingerprint density at radius 3 is 2.70 bits per heavy atom. The minimum Gasteiger partial charge on any atom is -0.480 e. The number of aliphatic carboxylic acids is 1. The van der Waals surface area contributed by atoms with Crippen LogP contribution < -0.4 is 5.56 Å². The van der Waals surface area contributed by atoms with Crippen LogP contribution in [0.25, 0.3) is 21.3 Å². The van der Waals surface area contributed by atoms with Gasteiger partial charge in [-0.05, 0) is 24.1 Å². The zero-order valence-electron chi connectivity index (χ0n) is 12.2. The predicted molar refractivity (Wildman–Crippen MR) is 91.3 cm³/mol. The molecule has 0 amide bonds. The van der Waals surface area contributed by atoms with E-state index in [0.29, 0.717) is 21.7 Å². The molecule has 3 rings (SSSR count). The molecule has 1 unspecified atom stereocenters. The highest BCUT2D eigenvalue weighted by atomic mass is 35.5. The lowest BCUT2D eigenvalue weighted by Gasteiger charge is -2.13. The maximum Gasteiger partial charge on any atom is 0.326 e. The highest BCUT2D eigenvalue weighted by molar-refractivity contribution is 7.17. The molecule has 0 radical (unpaired) electrons. The standard InChI is InChI=1S/C16H13ClN2O3S/c1-2-12(16(21)22)19-8-18-14-13(15(19)20)11(7-23-14)9-3-5-10(17)6-4-9/h3-8,12H,2H2,1H3,(H,21,22). The molecule has 0 fully saturated rings. The average Bonchev–Trinajstić information content (AvgIpc) is 2.95. The Morgan fingerprint density at radius 2 is 2.09 bits per heavy atom. The number of halogens is 1. The van der Waals surface area contributed by atoms with E-state index in [2.05, 4.69) is 4.98 Å². The van der Waals surface area contributed by atoms with Gasteiger partial charge >= 0.3 is 5.97 Å². The smallest absolute Gasteiger partial charge is 0.326 e. The fourth-order valence-electron chi connectivity index (χ4n) is 2.50. The molecule has 0 aliphatic carbocycles. The first-order valence-electron chi connectivity index (χ1n) is 7.00. The highest BCUT2D eigenvalue weighted by Crippen LogP contribution is 2.31. The number of nitrogens with zero attached hydrogens (tertiary/aromatic N) is 2. The first-order chi connectivity index (χ1) is 11.0. The summed E-state index contributed by atoms with van der Waals surface area (Å²) in [7, 11) is 0. The lowest BCUT2D eigenvalue weighted by Crippen LogP contribution is -2.29. The van der Waals surface area contributed by atoms with Crippen LogP contribution in [0.1, 0.15) is 19.4 Å². The third kappa shape index (κ3) is 2.75. The van der Waals surface area contributed by atoms with Gasteiger partial charge in [0.25, 0.3) is 5.56 Å². The van der Waals surface area contributed by atoms with E-state index in [1.165, 1.54) is 22.2 Å². The molecule has 0 saturated heterocycles. The lowest BCUT2D eigenvalue weighted by atomic mass is 10.1. The first kappa shape index (κ1) is 15.7. The van der Waals surface area contributed by atoms with E-state index in [0.717, 1.165) is 11.1 Å². The van der Waals surface area contributed by atoms with Crippen molar-refractivity contribution in [3.63, 3.8) is 0 Å². The number of aromatic nitrogens is 2.